The highest BCUT2D eigenvalue weighted by Gasteiger charge is 2.46. The number of hydrogen-bond acceptors (Lipinski definition) is 2. The Morgan fingerprint density at radius 2 is 2.00 bits per heavy atom. The lowest BCUT2D eigenvalue weighted by atomic mass is 10.0. The highest BCUT2D eigenvalue weighted by molar-refractivity contribution is 6.08. The van der Waals surface area contributed by atoms with Crippen molar-refractivity contribution in [3.8, 4) is 0 Å². The lowest BCUT2D eigenvalue weighted by Crippen LogP contribution is -2.64. The molecule has 112 valence electrons. The van der Waals surface area contributed by atoms with Crippen LogP contribution in [0.1, 0.15) is 31.7 Å². The van der Waals surface area contributed by atoms with Gasteiger partial charge in [-0.05, 0) is 55.9 Å². The first-order valence-corrected chi connectivity index (χ1v) is 7.42. The molecule has 2 amide bonds. The normalized spacial score (nSPS) is 26.0. The molecule has 5 heteroatoms. The van der Waals surface area contributed by atoms with Gasteiger partial charge in [0.2, 0.25) is 5.91 Å². The van der Waals surface area contributed by atoms with Crippen molar-refractivity contribution in [2.75, 3.05) is 4.90 Å². The molecule has 0 spiro atoms. The standard InChI is InChI=1S/C16H19FN2O2/c1-3-13-15(20)18-14(10-4-5-10)16(21)19(13)12-7-9(2)6-11(17)8-12/h6-8,10,13-14H,3-5H2,1-2H3,(H,18,20). The Morgan fingerprint density at radius 3 is 2.57 bits per heavy atom. The van der Waals surface area contributed by atoms with Crippen LogP contribution in [0.3, 0.4) is 0 Å². The van der Waals surface area contributed by atoms with Gasteiger partial charge in [0.05, 0.1) is 0 Å². The van der Waals surface area contributed by atoms with Crippen LogP contribution in [-0.2, 0) is 9.59 Å². The number of amides is 2. The molecule has 1 saturated heterocycles. The van der Waals surface area contributed by atoms with Gasteiger partial charge in [-0.1, -0.05) is 6.92 Å². The van der Waals surface area contributed by atoms with Crippen molar-refractivity contribution in [1.82, 2.24) is 5.32 Å². The largest absolute Gasteiger partial charge is 0.342 e. The lowest BCUT2D eigenvalue weighted by Gasteiger charge is -2.39. The molecule has 2 aliphatic rings. The van der Waals surface area contributed by atoms with E-state index in [0.717, 1.165) is 18.4 Å². The number of hydrogen-bond donors (Lipinski definition) is 1. The smallest absolute Gasteiger partial charge is 0.250 e. The summed E-state index contributed by atoms with van der Waals surface area (Å²) in [6, 6.07) is 3.48. The summed E-state index contributed by atoms with van der Waals surface area (Å²) >= 11 is 0. The van der Waals surface area contributed by atoms with Gasteiger partial charge in [0.15, 0.2) is 0 Å². The number of carbonyl (C=O) groups excluding carboxylic acids is 2. The Balaban J connectivity index is 2.01. The van der Waals surface area contributed by atoms with Gasteiger partial charge >= 0.3 is 0 Å². The summed E-state index contributed by atoms with van der Waals surface area (Å²) in [7, 11) is 0. The second kappa shape index (κ2) is 5.13. The van der Waals surface area contributed by atoms with Crippen LogP contribution < -0.4 is 10.2 Å². The summed E-state index contributed by atoms with van der Waals surface area (Å²) in [5.41, 5.74) is 1.21. The molecular formula is C16H19FN2O2. The van der Waals surface area contributed by atoms with E-state index < -0.39 is 12.1 Å². The third-order valence-electron chi connectivity index (χ3n) is 4.20. The molecule has 0 aromatic heterocycles. The van der Waals surface area contributed by atoms with E-state index in [0.29, 0.717) is 12.1 Å². The monoisotopic (exact) mass is 290 g/mol. The van der Waals surface area contributed by atoms with E-state index in [1.165, 1.54) is 17.0 Å². The van der Waals surface area contributed by atoms with Crippen molar-refractivity contribution >= 4 is 17.5 Å². The van der Waals surface area contributed by atoms with Crippen LogP contribution in [0, 0.1) is 18.7 Å². The number of aryl methyl sites for hydroxylation is 1. The first kappa shape index (κ1) is 14.0. The molecule has 1 saturated carbocycles. The molecule has 1 aliphatic carbocycles. The van der Waals surface area contributed by atoms with E-state index in [9.17, 15) is 14.0 Å². The van der Waals surface area contributed by atoms with Crippen molar-refractivity contribution in [3.05, 3.63) is 29.6 Å². The predicted molar refractivity (Wildman–Crippen MR) is 77.4 cm³/mol. The minimum absolute atomic E-state index is 0.117. The molecule has 0 radical (unpaired) electrons. The molecule has 21 heavy (non-hydrogen) atoms. The molecule has 1 aromatic rings. The van der Waals surface area contributed by atoms with E-state index >= 15 is 0 Å². The van der Waals surface area contributed by atoms with Crippen molar-refractivity contribution < 1.29 is 14.0 Å². The molecule has 4 nitrogen and oxygen atoms in total. The molecule has 2 fully saturated rings. The molecule has 1 N–H and O–H groups in total. The quantitative estimate of drug-likeness (QED) is 0.927. The van der Waals surface area contributed by atoms with Gasteiger partial charge in [-0.3, -0.25) is 14.5 Å². The van der Waals surface area contributed by atoms with Gasteiger partial charge in [-0.2, -0.15) is 0 Å². The summed E-state index contributed by atoms with van der Waals surface area (Å²) in [6.07, 6.45) is 2.43. The maximum Gasteiger partial charge on any atom is 0.250 e. The van der Waals surface area contributed by atoms with Crippen LogP contribution in [0.4, 0.5) is 10.1 Å². The minimum Gasteiger partial charge on any atom is -0.342 e. The van der Waals surface area contributed by atoms with E-state index in [-0.39, 0.29) is 23.5 Å². The lowest BCUT2D eigenvalue weighted by molar-refractivity contribution is -0.134. The Bertz CT molecular complexity index is 578. The van der Waals surface area contributed by atoms with Gasteiger partial charge in [-0.15, -0.1) is 0 Å². The highest BCUT2D eigenvalue weighted by atomic mass is 19.1. The number of nitrogens with zero attached hydrogens (tertiary/aromatic N) is 1. The Hall–Kier alpha value is -1.91. The molecule has 2 atom stereocenters. The topological polar surface area (TPSA) is 49.4 Å². The fraction of sp³-hybridized carbons (Fsp3) is 0.500. The SMILES string of the molecule is CCC1C(=O)NC(C2CC2)C(=O)N1c1cc(C)cc(F)c1. The third kappa shape index (κ3) is 2.52. The van der Waals surface area contributed by atoms with Crippen molar-refractivity contribution in [2.24, 2.45) is 5.92 Å². The van der Waals surface area contributed by atoms with Gasteiger partial charge in [0.1, 0.15) is 17.9 Å². The zero-order valence-corrected chi connectivity index (χ0v) is 12.2. The Kier molecular flexibility index (Phi) is 3.43. The number of benzene rings is 1. The zero-order valence-electron chi connectivity index (χ0n) is 12.2. The maximum absolute atomic E-state index is 13.7. The second-order valence-corrected chi connectivity index (χ2v) is 5.94. The van der Waals surface area contributed by atoms with E-state index in [1.807, 2.05) is 6.92 Å². The molecular weight excluding hydrogens is 271 g/mol. The summed E-state index contributed by atoms with van der Waals surface area (Å²) in [4.78, 5) is 26.5. The molecule has 1 heterocycles. The fourth-order valence-corrected chi connectivity index (χ4v) is 3.01. The van der Waals surface area contributed by atoms with Crippen LogP contribution in [0.2, 0.25) is 0 Å². The molecule has 1 aromatic carbocycles. The van der Waals surface area contributed by atoms with E-state index in [2.05, 4.69) is 5.32 Å². The number of nitrogens with one attached hydrogen (secondary N) is 1. The van der Waals surface area contributed by atoms with Gasteiger partial charge in [-0.25, -0.2) is 4.39 Å². The number of rotatable bonds is 3. The first-order valence-electron chi connectivity index (χ1n) is 7.42. The van der Waals surface area contributed by atoms with Crippen LogP contribution in [0.5, 0.6) is 0 Å². The summed E-state index contributed by atoms with van der Waals surface area (Å²) < 4.78 is 13.7. The van der Waals surface area contributed by atoms with Gasteiger partial charge in [0, 0.05) is 5.69 Å². The van der Waals surface area contributed by atoms with Crippen LogP contribution in [0.25, 0.3) is 0 Å². The van der Waals surface area contributed by atoms with Gasteiger partial charge in [0.25, 0.3) is 5.91 Å². The molecule has 0 bridgehead atoms. The summed E-state index contributed by atoms with van der Waals surface area (Å²) in [6.45, 7) is 3.63. The van der Waals surface area contributed by atoms with Crippen LogP contribution in [-0.4, -0.2) is 23.9 Å². The number of piperazine rings is 1. The second-order valence-electron chi connectivity index (χ2n) is 5.94. The maximum atomic E-state index is 13.7. The average molecular weight is 290 g/mol. The predicted octanol–water partition coefficient (Wildman–Crippen LogP) is 2.15. The van der Waals surface area contributed by atoms with Crippen molar-refractivity contribution in [2.45, 2.75) is 45.2 Å². The van der Waals surface area contributed by atoms with E-state index in [1.54, 1.807) is 13.0 Å². The minimum atomic E-state index is -0.561. The van der Waals surface area contributed by atoms with Gasteiger partial charge < -0.3 is 5.32 Å². The number of halogens is 1. The first-order chi connectivity index (χ1) is 10.0. The number of carbonyl (C=O) groups is 2. The highest BCUT2D eigenvalue weighted by Crippen LogP contribution is 2.36. The molecule has 1 aliphatic heterocycles. The Morgan fingerprint density at radius 1 is 1.29 bits per heavy atom. The third-order valence-corrected chi connectivity index (χ3v) is 4.20. The average Bonchev–Trinajstić information content (AvgIpc) is 3.23. The van der Waals surface area contributed by atoms with Crippen molar-refractivity contribution in [1.29, 1.82) is 0 Å². The summed E-state index contributed by atoms with van der Waals surface area (Å²) in [5, 5.41) is 2.83. The molecule has 2 unspecified atom stereocenters. The molecule has 3 rings (SSSR count). The van der Waals surface area contributed by atoms with E-state index in [4.69, 9.17) is 0 Å². The van der Waals surface area contributed by atoms with Crippen LogP contribution in [0.15, 0.2) is 18.2 Å². The summed E-state index contributed by atoms with van der Waals surface area (Å²) in [5.74, 6) is -0.414. The Labute approximate surface area is 123 Å². The fourth-order valence-electron chi connectivity index (χ4n) is 3.01. The zero-order chi connectivity index (χ0) is 15.1. The van der Waals surface area contributed by atoms with Crippen LogP contribution >= 0.6 is 0 Å². The van der Waals surface area contributed by atoms with Crippen molar-refractivity contribution in [3.63, 3.8) is 0 Å². The number of anilines is 1.